The number of aromatic amines is 1. The van der Waals surface area contributed by atoms with Gasteiger partial charge in [0, 0.05) is 12.5 Å². The van der Waals surface area contributed by atoms with Crippen LogP contribution in [-0.2, 0) is 9.84 Å². The summed E-state index contributed by atoms with van der Waals surface area (Å²) in [7, 11) is -3.33. The van der Waals surface area contributed by atoms with Crippen molar-refractivity contribution in [3.63, 3.8) is 0 Å². The molecule has 2 aromatic heterocycles. The number of pyridine rings is 1. The molecule has 1 aromatic carbocycles. The summed E-state index contributed by atoms with van der Waals surface area (Å²) >= 11 is 0. The Morgan fingerprint density at radius 2 is 1.84 bits per heavy atom. The molecule has 0 aliphatic rings. The Labute approximate surface area is 145 Å². The summed E-state index contributed by atoms with van der Waals surface area (Å²) in [6.45, 7) is 0.484. The van der Waals surface area contributed by atoms with Gasteiger partial charge in [-0.25, -0.2) is 8.42 Å². The van der Waals surface area contributed by atoms with E-state index in [4.69, 9.17) is 9.47 Å². The maximum atomic E-state index is 11.7. The summed E-state index contributed by atoms with van der Waals surface area (Å²) in [5.41, 5.74) is 1.59. The van der Waals surface area contributed by atoms with Gasteiger partial charge in [0.1, 0.15) is 29.6 Å². The summed E-state index contributed by atoms with van der Waals surface area (Å²) in [6.07, 6.45) is 4.42. The van der Waals surface area contributed by atoms with E-state index in [2.05, 4.69) is 15.2 Å². The monoisotopic (exact) mass is 359 g/mol. The third kappa shape index (κ3) is 4.36. The Morgan fingerprint density at radius 1 is 1.04 bits per heavy atom. The molecule has 0 atom stereocenters. The van der Waals surface area contributed by atoms with Crippen LogP contribution in [0.25, 0.3) is 11.4 Å². The molecule has 0 aliphatic carbocycles. The lowest BCUT2D eigenvalue weighted by Crippen LogP contribution is -2.11. The van der Waals surface area contributed by atoms with Gasteiger partial charge < -0.3 is 9.47 Å². The van der Waals surface area contributed by atoms with Gasteiger partial charge in [0.25, 0.3) is 0 Å². The molecule has 1 N–H and O–H groups in total. The standard InChI is InChI=1S/C17H17N3O4S/c1-25(21,22)17-5-3-2-4-16(17)24-11-10-23-13-6-7-14(18-12-13)15-8-9-19-20-15/h2-9,12H,10-11H2,1H3,(H,19,20). The van der Waals surface area contributed by atoms with E-state index in [1.165, 1.54) is 6.07 Å². The minimum atomic E-state index is -3.33. The normalized spacial score (nSPS) is 11.2. The molecule has 0 bridgehead atoms. The number of H-pyrrole nitrogens is 1. The average Bonchev–Trinajstić information content (AvgIpc) is 3.13. The highest BCUT2D eigenvalue weighted by Gasteiger charge is 2.13. The summed E-state index contributed by atoms with van der Waals surface area (Å²) in [5, 5.41) is 6.72. The lowest BCUT2D eigenvalue weighted by atomic mass is 10.3. The molecule has 3 aromatic rings. The largest absolute Gasteiger partial charge is 0.489 e. The quantitative estimate of drug-likeness (QED) is 0.651. The van der Waals surface area contributed by atoms with Crippen LogP contribution in [0.5, 0.6) is 11.5 Å². The maximum Gasteiger partial charge on any atom is 0.179 e. The molecule has 2 heterocycles. The second-order valence-electron chi connectivity index (χ2n) is 5.27. The van der Waals surface area contributed by atoms with Crippen LogP contribution in [0.1, 0.15) is 0 Å². The molecule has 0 amide bonds. The van der Waals surface area contributed by atoms with E-state index >= 15 is 0 Å². The van der Waals surface area contributed by atoms with Crippen molar-refractivity contribution in [2.24, 2.45) is 0 Å². The van der Waals surface area contributed by atoms with Gasteiger partial charge in [-0.2, -0.15) is 5.10 Å². The van der Waals surface area contributed by atoms with E-state index in [1.807, 2.05) is 12.1 Å². The molecule has 0 fully saturated rings. The Kier molecular flexibility index (Phi) is 4.99. The van der Waals surface area contributed by atoms with E-state index in [0.717, 1.165) is 17.6 Å². The van der Waals surface area contributed by atoms with Crippen molar-refractivity contribution in [2.45, 2.75) is 4.90 Å². The highest BCUT2D eigenvalue weighted by molar-refractivity contribution is 7.90. The van der Waals surface area contributed by atoms with Crippen LogP contribution in [0.15, 0.2) is 59.8 Å². The Hall–Kier alpha value is -2.87. The fourth-order valence-electron chi connectivity index (χ4n) is 2.21. The van der Waals surface area contributed by atoms with Crippen molar-refractivity contribution in [3.05, 3.63) is 54.9 Å². The smallest absolute Gasteiger partial charge is 0.179 e. The number of hydrogen-bond acceptors (Lipinski definition) is 6. The number of benzene rings is 1. The topological polar surface area (TPSA) is 94.2 Å². The zero-order chi connectivity index (χ0) is 17.7. The number of sulfone groups is 1. The van der Waals surface area contributed by atoms with Crippen LogP contribution in [-0.4, -0.2) is 43.1 Å². The highest BCUT2D eigenvalue weighted by Crippen LogP contribution is 2.23. The molecular formula is C17H17N3O4S. The predicted molar refractivity (Wildman–Crippen MR) is 92.4 cm³/mol. The molecule has 0 saturated carbocycles. The van der Waals surface area contributed by atoms with Gasteiger partial charge in [0.05, 0.1) is 17.6 Å². The first-order valence-electron chi connectivity index (χ1n) is 7.54. The summed E-state index contributed by atoms with van der Waals surface area (Å²) in [6, 6.07) is 12.0. The molecule has 0 saturated heterocycles. The molecule has 130 valence electrons. The first-order chi connectivity index (χ1) is 12.0. The SMILES string of the molecule is CS(=O)(=O)c1ccccc1OCCOc1ccc(-c2ccn[nH]2)nc1. The number of nitrogens with one attached hydrogen (secondary N) is 1. The van der Waals surface area contributed by atoms with Crippen LogP contribution in [0.2, 0.25) is 0 Å². The second kappa shape index (κ2) is 7.35. The average molecular weight is 359 g/mol. The summed E-state index contributed by atoms with van der Waals surface area (Å²) in [5.74, 6) is 0.921. The fourth-order valence-corrected chi connectivity index (χ4v) is 3.03. The van der Waals surface area contributed by atoms with Crippen LogP contribution < -0.4 is 9.47 Å². The molecule has 0 aliphatic heterocycles. The van der Waals surface area contributed by atoms with Crippen molar-refractivity contribution < 1.29 is 17.9 Å². The summed E-state index contributed by atoms with van der Waals surface area (Å²) in [4.78, 5) is 4.46. The first-order valence-corrected chi connectivity index (χ1v) is 9.44. The predicted octanol–water partition coefficient (Wildman–Crippen LogP) is 2.33. The summed E-state index contributed by atoms with van der Waals surface area (Å²) < 4.78 is 34.5. The lowest BCUT2D eigenvalue weighted by molar-refractivity contribution is 0.213. The number of hydrogen-bond donors (Lipinski definition) is 1. The van der Waals surface area contributed by atoms with Gasteiger partial charge in [-0.05, 0) is 30.3 Å². The van der Waals surface area contributed by atoms with Gasteiger partial charge in [-0.3, -0.25) is 10.1 Å². The fraction of sp³-hybridized carbons (Fsp3) is 0.176. The molecule has 3 rings (SSSR count). The van der Waals surface area contributed by atoms with Crippen molar-refractivity contribution in [1.82, 2.24) is 15.2 Å². The molecule has 8 heteroatoms. The van der Waals surface area contributed by atoms with Gasteiger partial charge in [-0.15, -0.1) is 0 Å². The molecule has 0 spiro atoms. The van der Waals surface area contributed by atoms with Crippen molar-refractivity contribution in [1.29, 1.82) is 0 Å². The molecule has 0 unspecified atom stereocenters. The third-order valence-corrected chi connectivity index (χ3v) is 4.51. The van der Waals surface area contributed by atoms with Gasteiger partial charge in [-0.1, -0.05) is 12.1 Å². The highest BCUT2D eigenvalue weighted by atomic mass is 32.2. The third-order valence-electron chi connectivity index (χ3n) is 3.37. The Morgan fingerprint density at radius 3 is 2.52 bits per heavy atom. The van der Waals surface area contributed by atoms with Crippen molar-refractivity contribution in [3.8, 4) is 22.9 Å². The number of ether oxygens (including phenoxy) is 2. The van der Waals surface area contributed by atoms with Crippen LogP contribution in [0.4, 0.5) is 0 Å². The minimum absolute atomic E-state index is 0.167. The number of rotatable bonds is 7. The second-order valence-corrected chi connectivity index (χ2v) is 7.25. The van der Waals surface area contributed by atoms with Gasteiger partial charge in [0.15, 0.2) is 9.84 Å². The Bertz CT molecular complexity index is 923. The minimum Gasteiger partial charge on any atom is -0.489 e. The maximum absolute atomic E-state index is 11.7. The zero-order valence-electron chi connectivity index (χ0n) is 13.5. The van der Waals surface area contributed by atoms with E-state index in [9.17, 15) is 8.42 Å². The Balaban J connectivity index is 1.54. The molecule has 0 radical (unpaired) electrons. The van der Waals surface area contributed by atoms with Crippen LogP contribution in [0, 0.1) is 0 Å². The number of para-hydroxylation sites is 1. The molecular weight excluding hydrogens is 342 g/mol. The van der Waals surface area contributed by atoms with Gasteiger partial charge in [0.2, 0.25) is 0 Å². The van der Waals surface area contributed by atoms with E-state index in [1.54, 1.807) is 36.7 Å². The van der Waals surface area contributed by atoms with E-state index in [-0.39, 0.29) is 18.1 Å². The van der Waals surface area contributed by atoms with E-state index < -0.39 is 9.84 Å². The van der Waals surface area contributed by atoms with Crippen LogP contribution in [0.3, 0.4) is 0 Å². The lowest BCUT2D eigenvalue weighted by Gasteiger charge is -2.11. The molecule has 25 heavy (non-hydrogen) atoms. The van der Waals surface area contributed by atoms with Crippen LogP contribution >= 0.6 is 0 Å². The van der Waals surface area contributed by atoms with Crippen molar-refractivity contribution >= 4 is 9.84 Å². The number of nitrogens with zero attached hydrogens (tertiary/aromatic N) is 2. The van der Waals surface area contributed by atoms with E-state index in [0.29, 0.717) is 11.5 Å². The van der Waals surface area contributed by atoms with Gasteiger partial charge >= 0.3 is 0 Å². The first kappa shape index (κ1) is 17.0. The van der Waals surface area contributed by atoms with Crippen molar-refractivity contribution in [2.75, 3.05) is 19.5 Å². The zero-order valence-corrected chi connectivity index (χ0v) is 14.4. The number of aromatic nitrogens is 3. The molecule has 7 nitrogen and oxygen atoms in total.